The van der Waals surface area contributed by atoms with Crippen molar-refractivity contribution in [2.24, 2.45) is 0 Å². The Morgan fingerprint density at radius 2 is 1.82 bits per heavy atom. The van der Waals surface area contributed by atoms with Crippen LogP contribution in [-0.4, -0.2) is 18.2 Å². The minimum Gasteiger partial charge on any atom is -0.486 e. The predicted molar refractivity (Wildman–Crippen MR) is 72.2 cm³/mol. The molecule has 94 valence electrons. The van der Waals surface area contributed by atoms with E-state index in [1.165, 1.54) is 0 Å². The molecule has 0 aliphatic heterocycles. The van der Waals surface area contributed by atoms with Crippen molar-refractivity contribution in [1.29, 1.82) is 0 Å². The molecule has 1 saturated carbocycles. The van der Waals surface area contributed by atoms with Gasteiger partial charge in [-0.1, -0.05) is 37.0 Å². The van der Waals surface area contributed by atoms with Crippen molar-refractivity contribution in [3.63, 3.8) is 0 Å². The van der Waals surface area contributed by atoms with E-state index < -0.39 is 0 Å². The second kappa shape index (κ2) is 5.05. The molecular formula is C13H17Cl2NO. The van der Waals surface area contributed by atoms with Crippen LogP contribution < -0.4 is 10.1 Å². The molecule has 4 heteroatoms. The third kappa shape index (κ3) is 3.77. The molecule has 0 saturated heterocycles. The highest BCUT2D eigenvalue weighted by Gasteiger charge is 2.45. The summed E-state index contributed by atoms with van der Waals surface area (Å²) in [6.45, 7) is 5.13. The fourth-order valence-corrected chi connectivity index (χ4v) is 2.19. The van der Waals surface area contributed by atoms with Crippen LogP contribution in [0.2, 0.25) is 10.0 Å². The summed E-state index contributed by atoms with van der Waals surface area (Å²) < 4.78 is 5.99. The molecule has 2 nitrogen and oxygen atoms in total. The lowest BCUT2D eigenvalue weighted by molar-refractivity contribution is 0.172. The van der Waals surface area contributed by atoms with Gasteiger partial charge in [-0.2, -0.15) is 0 Å². The largest absolute Gasteiger partial charge is 0.486 e. The number of hydrogen-bond acceptors (Lipinski definition) is 2. The fraction of sp³-hybridized carbons (Fsp3) is 0.538. The van der Waals surface area contributed by atoms with Gasteiger partial charge in [0.15, 0.2) is 0 Å². The minimum atomic E-state index is -0.0573. The molecule has 1 aromatic carbocycles. The zero-order chi connectivity index (χ0) is 12.5. The van der Waals surface area contributed by atoms with Gasteiger partial charge in [-0.3, -0.25) is 0 Å². The van der Waals surface area contributed by atoms with Crippen molar-refractivity contribution in [2.75, 3.05) is 6.54 Å². The first kappa shape index (κ1) is 13.0. The maximum atomic E-state index is 5.99. The van der Waals surface area contributed by atoms with Crippen LogP contribution in [-0.2, 0) is 0 Å². The quantitative estimate of drug-likeness (QED) is 0.879. The SMILES string of the molecule is CC(C)NCC1(Oc2cc(Cl)cc(Cl)c2)CC1. The van der Waals surface area contributed by atoms with E-state index in [9.17, 15) is 0 Å². The van der Waals surface area contributed by atoms with Crippen molar-refractivity contribution in [1.82, 2.24) is 5.32 Å². The first-order chi connectivity index (χ1) is 7.99. The average Bonchev–Trinajstić information content (AvgIpc) is 2.94. The monoisotopic (exact) mass is 273 g/mol. The van der Waals surface area contributed by atoms with Crippen molar-refractivity contribution in [3.8, 4) is 5.75 Å². The Labute approximate surface area is 112 Å². The Morgan fingerprint density at radius 1 is 1.24 bits per heavy atom. The summed E-state index contributed by atoms with van der Waals surface area (Å²) >= 11 is 11.9. The second-order valence-corrected chi connectivity index (χ2v) is 5.80. The van der Waals surface area contributed by atoms with Crippen LogP contribution in [0.5, 0.6) is 5.75 Å². The van der Waals surface area contributed by atoms with E-state index in [0.29, 0.717) is 16.1 Å². The van der Waals surface area contributed by atoms with Crippen molar-refractivity contribution in [3.05, 3.63) is 28.2 Å². The summed E-state index contributed by atoms with van der Waals surface area (Å²) in [5.74, 6) is 0.755. The molecule has 0 heterocycles. The topological polar surface area (TPSA) is 21.3 Å². The smallest absolute Gasteiger partial charge is 0.123 e. The molecule has 0 spiro atoms. The summed E-state index contributed by atoms with van der Waals surface area (Å²) in [5, 5.41) is 4.63. The Balaban J connectivity index is 2.00. The Hall–Kier alpha value is -0.440. The number of halogens is 2. The van der Waals surface area contributed by atoms with Gasteiger partial charge in [-0.05, 0) is 31.0 Å². The molecule has 1 aromatic rings. The molecular weight excluding hydrogens is 257 g/mol. The van der Waals surface area contributed by atoms with Crippen molar-refractivity contribution < 1.29 is 4.74 Å². The first-order valence-corrected chi connectivity index (χ1v) is 6.63. The van der Waals surface area contributed by atoms with Gasteiger partial charge in [0.05, 0.1) is 0 Å². The van der Waals surface area contributed by atoms with E-state index in [1.807, 2.05) is 12.1 Å². The van der Waals surface area contributed by atoms with Crippen molar-refractivity contribution >= 4 is 23.2 Å². The lowest BCUT2D eigenvalue weighted by Crippen LogP contribution is -2.36. The van der Waals surface area contributed by atoms with E-state index in [0.717, 1.165) is 25.1 Å². The predicted octanol–water partition coefficient (Wildman–Crippen LogP) is 3.90. The van der Waals surface area contributed by atoms with Crippen LogP contribution >= 0.6 is 23.2 Å². The highest BCUT2D eigenvalue weighted by atomic mass is 35.5. The zero-order valence-corrected chi connectivity index (χ0v) is 11.6. The summed E-state index contributed by atoms with van der Waals surface area (Å²) in [5.41, 5.74) is -0.0573. The molecule has 1 aliphatic rings. The van der Waals surface area contributed by atoms with Crippen LogP contribution in [0.25, 0.3) is 0 Å². The second-order valence-electron chi connectivity index (χ2n) is 4.93. The number of nitrogens with one attached hydrogen (secondary N) is 1. The van der Waals surface area contributed by atoms with E-state index in [2.05, 4.69) is 19.2 Å². The van der Waals surface area contributed by atoms with Gasteiger partial charge in [0.2, 0.25) is 0 Å². The summed E-state index contributed by atoms with van der Waals surface area (Å²) in [7, 11) is 0. The van der Waals surface area contributed by atoms with Crippen LogP contribution in [0.1, 0.15) is 26.7 Å². The van der Waals surface area contributed by atoms with Crippen LogP contribution in [0.3, 0.4) is 0 Å². The van der Waals surface area contributed by atoms with Crippen LogP contribution in [0, 0.1) is 0 Å². The van der Waals surface area contributed by atoms with Gasteiger partial charge < -0.3 is 10.1 Å². The maximum Gasteiger partial charge on any atom is 0.123 e. The van der Waals surface area contributed by atoms with Crippen LogP contribution in [0.4, 0.5) is 0 Å². The van der Waals surface area contributed by atoms with Gasteiger partial charge in [0, 0.05) is 22.6 Å². The van der Waals surface area contributed by atoms with Crippen molar-refractivity contribution in [2.45, 2.75) is 38.3 Å². The van der Waals surface area contributed by atoms with E-state index >= 15 is 0 Å². The molecule has 0 radical (unpaired) electrons. The molecule has 0 unspecified atom stereocenters. The summed E-state index contributed by atoms with van der Waals surface area (Å²) in [6, 6.07) is 5.80. The fourth-order valence-electron chi connectivity index (χ4n) is 1.68. The molecule has 0 aromatic heterocycles. The molecule has 17 heavy (non-hydrogen) atoms. The number of hydrogen-bond donors (Lipinski definition) is 1. The lowest BCUT2D eigenvalue weighted by Gasteiger charge is -2.20. The molecule has 2 rings (SSSR count). The average molecular weight is 274 g/mol. The Kier molecular flexibility index (Phi) is 3.86. The molecule has 1 fully saturated rings. The van der Waals surface area contributed by atoms with E-state index in [1.54, 1.807) is 6.07 Å². The molecule has 0 atom stereocenters. The van der Waals surface area contributed by atoms with Gasteiger partial charge >= 0.3 is 0 Å². The number of benzene rings is 1. The van der Waals surface area contributed by atoms with Gasteiger partial charge in [0.1, 0.15) is 11.4 Å². The van der Waals surface area contributed by atoms with Gasteiger partial charge in [-0.15, -0.1) is 0 Å². The normalized spacial score (nSPS) is 17.2. The number of rotatable bonds is 5. The third-order valence-electron chi connectivity index (χ3n) is 2.81. The summed E-state index contributed by atoms with van der Waals surface area (Å²) in [6.07, 6.45) is 2.16. The van der Waals surface area contributed by atoms with Crippen LogP contribution in [0.15, 0.2) is 18.2 Å². The zero-order valence-electron chi connectivity index (χ0n) is 10.1. The molecule has 0 amide bonds. The lowest BCUT2D eigenvalue weighted by atomic mass is 10.3. The first-order valence-electron chi connectivity index (χ1n) is 5.88. The Bertz CT molecular complexity index is 382. The number of ether oxygens (including phenoxy) is 1. The Morgan fingerprint density at radius 3 is 2.29 bits per heavy atom. The standard InChI is InChI=1S/C13H17Cl2NO/c1-9(2)16-8-13(3-4-13)17-12-6-10(14)5-11(15)7-12/h5-7,9,16H,3-4,8H2,1-2H3. The summed E-state index contributed by atoms with van der Waals surface area (Å²) in [4.78, 5) is 0. The highest BCUT2D eigenvalue weighted by Crippen LogP contribution is 2.40. The van der Waals surface area contributed by atoms with Gasteiger partial charge in [-0.25, -0.2) is 0 Å². The maximum absolute atomic E-state index is 5.99. The van der Waals surface area contributed by atoms with Gasteiger partial charge in [0.25, 0.3) is 0 Å². The van der Waals surface area contributed by atoms with E-state index in [4.69, 9.17) is 27.9 Å². The van der Waals surface area contributed by atoms with E-state index in [-0.39, 0.29) is 5.60 Å². The third-order valence-corrected chi connectivity index (χ3v) is 3.25. The molecule has 0 bridgehead atoms. The highest BCUT2D eigenvalue weighted by molar-refractivity contribution is 6.34. The molecule has 1 aliphatic carbocycles. The minimum absolute atomic E-state index is 0.0573. The molecule has 1 N–H and O–H groups in total.